The second kappa shape index (κ2) is 5.47. The van der Waals surface area contributed by atoms with Crippen molar-refractivity contribution in [3.8, 4) is 0 Å². The molecule has 0 aromatic rings. The fourth-order valence-electron chi connectivity index (χ4n) is 1.58. The van der Waals surface area contributed by atoms with Crippen molar-refractivity contribution < 1.29 is 14.3 Å². The number of amides is 1. The van der Waals surface area contributed by atoms with Crippen LogP contribution in [-0.2, 0) is 14.3 Å². The second-order valence-electron chi connectivity index (χ2n) is 4.43. The summed E-state index contributed by atoms with van der Waals surface area (Å²) in [6, 6.07) is 0. The monoisotopic (exact) mass is 215 g/mol. The molecule has 15 heavy (non-hydrogen) atoms. The van der Waals surface area contributed by atoms with Gasteiger partial charge in [0.2, 0.25) is 5.91 Å². The number of carbonyl (C=O) groups is 1. The molecule has 0 aromatic carbocycles. The Labute approximate surface area is 91.3 Å². The smallest absolute Gasteiger partial charge is 0.223 e. The molecule has 0 saturated heterocycles. The van der Waals surface area contributed by atoms with Crippen molar-refractivity contribution in [2.75, 3.05) is 27.4 Å². The van der Waals surface area contributed by atoms with Crippen LogP contribution < -0.4 is 5.32 Å². The Morgan fingerprint density at radius 2 is 2.13 bits per heavy atom. The third kappa shape index (κ3) is 3.47. The van der Waals surface area contributed by atoms with E-state index in [1.54, 1.807) is 14.2 Å². The zero-order chi connectivity index (χ0) is 11.3. The molecule has 88 valence electrons. The number of ether oxygens (including phenoxy) is 2. The van der Waals surface area contributed by atoms with Crippen LogP contribution in [0.4, 0.5) is 0 Å². The minimum Gasteiger partial charge on any atom is -0.382 e. The largest absolute Gasteiger partial charge is 0.382 e. The summed E-state index contributed by atoms with van der Waals surface area (Å²) >= 11 is 0. The van der Waals surface area contributed by atoms with Crippen LogP contribution in [0.5, 0.6) is 0 Å². The molecule has 1 saturated carbocycles. The molecule has 0 aliphatic heterocycles. The van der Waals surface area contributed by atoms with E-state index in [-0.39, 0.29) is 11.8 Å². The van der Waals surface area contributed by atoms with E-state index in [0.717, 1.165) is 12.8 Å². The molecule has 1 aliphatic carbocycles. The first-order valence-corrected chi connectivity index (χ1v) is 5.43. The maximum Gasteiger partial charge on any atom is 0.223 e. The Morgan fingerprint density at radius 1 is 1.47 bits per heavy atom. The SMILES string of the molecule is COCC(C)(CNC(=O)C1CCC1)OC. The molecule has 1 amide bonds. The van der Waals surface area contributed by atoms with Crippen LogP contribution in [0.2, 0.25) is 0 Å². The summed E-state index contributed by atoms with van der Waals surface area (Å²) in [7, 11) is 3.26. The lowest BCUT2D eigenvalue weighted by molar-refractivity contribution is -0.129. The number of rotatable bonds is 6. The zero-order valence-corrected chi connectivity index (χ0v) is 9.84. The standard InChI is InChI=1S/C11H21NO3/c1-11(15-3,8-14-2)7-12-10(13)9-5-4-6-9/h9H,4-8H2,1-3H3,(H,12,13). The van der Waals surface area contributed by atoms with E-state index >= 15 is 0 Å². The molecular weight excluding hydrogens is 194 g/mol. The van der Waals surface area contributed by atoms with Gasteiger partial charge < -0.3 is 14.8 Å². The lowest BCUT2D eigenvalue weighted by atomic mass is 9.84. The number of methoxy groups -OCH3 is 2. The second-order valence-corrected chi connectivity index (χ2v) is 4.43. The summed E-state index contributed by atoms with van der Waals surface area (Å²) < 4.78 is 10.4. The molecule has 1 unspecified atom stereocenters. The fourth-order valence-corrected chi connectivity index (χ4v) is 1.58. The first-order chi connectivity index (χ1) is 7.11. The Morgan fingerprint density at radius 3 is 2.53 bits per heavy atom. The molecular formula is C11H21NO3. The van der Waals surface area contributed by atoms with Crippen LogP contribution >= 0.6 is 0 Å². The third-order valence-electron chi connectivity index (χ3n) is 3.05. The summed E-state index contributed by atoms with van der Waals surface area (Å²) in [5, 5.41) is 2.92. The molecule has 0 radical (unpaired) electrons. The van der Waals surface area contributed by atoms with Crippen LogP contribution in [0.15, 0.2) is 0 Å². The van der Waals surface area contributed by atoms with E-state index in [1.807, 2.05) is 6.92 Å². The Hall–Kier alpha value is -0.610. The summed E-state index contributed by atoms with van der Waals surface area (Å²) in [4.78, 5) is 11.6. The maximum atomic E-state index is 11.6. The predicted octanol–water partition coefficient (Wildman–Crippen LogP) is 0.954. The average Bonchev–Trinajstić information content (AvgIpc) is 2.13. The van der Waals surface area contributed by atoms with Crippen molar-refractivity contribution >= 4 is 5.91 Å². The van der Waals surface area contributed by atoms with Gasteiger partial charge in [-0.1, -0.05) is 6.42 Å². The molecule has 0 aromatic heterocycles. The van der Waals surface area contributed by atoms with Crippen LogP contribution in [0, 0.1) is 5.92 Å². The van der Waals surface area contributed by atoms with Gasteiger partial charge in [-0.2, -0.15) is 0 Å². The summed E-state index contributed by atoms with van der Waals surface area (Å²) in [6.07, 6.45) is 3.23. The van der Waals surface area contributed by atoms with Gasteiger partial charge >= 0.3 is 0 Å². The molecule has 0 heterocycles. The van der Waals surface area contributed by atoms with Crippen molar-refractivity contribution in [1.82, 2.24) is 5.32 Å². The highest BCUT2D eigenvalue weighted by molar-refractivity contribution is 5.79. The van der Waals surface area contributed by atoms with Gasteiger partial charge in [0, 0.05) is 26.7 Å². The van der Waals surface area contributed by atoms with E-state index in [9.17, 15) is 4.79 Å². The fraction of sp³-hybridized carbons (Fsp3) is 0.909. The zero-order valence-electron chi connectivity index (χ0n) is 9.84. The molecule has 1 rings (SSSR count). The molecule has 1 fully saturated rings. The van der Waals surface area contributed by atoms with Gasteiger partial charge in [0.15, 0.2) is 0 Å². The first-order valence-electron chi connectivity index (χ1n) is 5.43. The van der Waals surface area contributed by atoms with E-state index in [2.05, 4.69) is 5.32 Å². The minimum atomic E-state index is -0.422. The number of nitrogens with one attached hydrogen (secondary N) is 1. The Kier molecular flexibility index (Phi) is 4.54. The van der Waals surface area contributed by atoms with E-state index < -0.39 is 5.60 Å². The van der Waals surface area contributed by atoms with Crippen molar-refractivity contribution in [2.45, 2.75) is 31.8 Å². The summed E-state index contributed by atoms with van der Waals surface area (Å²) in [5.41, 5.74) is -0.422. The van der Waals surface area contributed by atoms with Gasteiger partial charge in [-0.25, -0.2) is 0 Å². The van der Waals surface area contributed by atoms with Gasteiger partial charge in [-0.15, -0.1) is 0 Å². The van der Waals surface area contributed by atoms with Crippen LogP contribution in [0.25, 0.3) is 0 Å². The highest BCUT2D eigenvalue weighted by atomic mass is 16.5. The Bertz CT molecular complexity index is 216. The van der Waals surface area contributed by atoms with Crippen LogP contribution in [0.3, 0.4) is 0 Å². The van der Waals surface area contributed by atoms with Crippen molar-refractivity contribution in [2.24, 2.45) is 5.92 Å². The maximum absolute atomic E-state index is 11.6. The predicted molar refractivity (Wildman–Crippen MR) is 57.6 cm³/mol. The highest BCUT2D eigenvalue weighted by Crippen LogP contribution is 2.26. The lowest BCUT2D eigenvalue weighted by Gasteiger charge is -2.30. The molecule has 4 heteroatoms. The molecule has 0 spiro atoms. The molecule has 1 aliphatic rings. The van der Waals surface area contributed by atoms with Crippen LogP contribution in [-0.4, -0.2) is 38.9 Å². The van der Waals surface area contributed by atoms with Crippen molar-refractivity contribution in [3.63, 3.8) is 0 Å². The van der Waals surface area contributed by atoms with E-state index in [4.69, 9.17) is 9.47 Å². The summed E-state index contributed by atoms with van der Waals surface area (Å²) in [5.74, 6) is 0.384. The van der Waals surface area contributed by atoms with Gasteiger partial charge in [0.05, 0.1) is 6.61 Å². The van der Waals surface area contributed by atoms with Crippen molar-refractivity contribution in [3.05, 3.63) is 0 Å². The Balaban J connectivity index is 2.29. The normalized spacial score (nSPS) is 20.5. The van der Waals surface area contributed by atoms with E-state index in [1.165, 1.54) is 6.42 Å². The van der Waals surface area contributed by atoms with Gasteiger partial charge in [-0.3, -0.25) is 4.79 Å². The minimum absolute atomic E-state index is 0.153. The third-order valence-corrected chi connectivity index (χ3v) is 3.05. The average molecular weight is 215 g/mol. The molecule has 1 N–H and O–H groups in total. The van der Waals surface area contributed by atoms with Gasteiger partial charge in [0.1, 0.15) is 5.60 Å². The highest BCUT2D eigenvalue weighted by Gasteiger charge is 2.29. The van der Waals surface area contributed by atoms with Gasteiger partial charge in [-0.05, 0) is 19.8 Å². The number of carbonyl (C=O) groups excluding carboxylic acids is 1. The topological polar surface area (TPSA) is 47.6 Å². The number of hydrogen-bond donors (Lipinski definition) is 1. The van der Waals surface area contributed by atoms with Crippen LogP contribution in [0.1, 0.15) is 26.2 Å². The lowest BCUT2D eigenvalue weighted by Crippen LogP contribution is -2.47. The van der Waals surface area contributed by atoms with E-state index in [0.29, 0.717) is 13.2 Å². The molecule has 0 bridgehead atoms. The number of hydrogen-bond acceptors (Lipinski definition) is 3. The van der Waals surface area contributed by atoms with Crippen molar-refractivity contribution in [1.29, 1.82) is 0 Å². The summed E-state index contributed by atoms with van der Waals surface area (Å²) in [6.45, 7) is 2.92. The quantitative estimate of drug-likeness (QED) is 0.717. The molecule has 1 atom stereocenters. The molecule has 4 nitrogen and oxygen atoms in total. The van der Waals surface area contributed by atoms with Gasteiger partial charge in [0.25, 0.3) is 0 Å². The first kappa shape index (κ1) is 12.5.